The van der Waals surface area contributed by atoms with Gasteiger partial charge in [-0.2, -0.15) is 0 Å². The van der Waals surface area contributed by atoms with E-state index in [1.165, 1.54) is 0 Å². The molecule has 1 unspecified atom stereocenters. The van der Waals surface area contributed by atoms with Gasteiger partial charge < -0.3 is 9.84 Å². The maximum Gasteiger partial charge on any atom is 0.303 e. The first kappa shape index (κ1) is 19.4. The normalized spacial score (nSPS) is 11.6. The molecule has 1 N–H and O–H groups in total. The second kappa shape index (κ2) is 9.56. The predicted molar refractivity (Wildman–Crippen MR) is 112 cm³/mol. The van der Waals surface area contributed by atoms with Crippen LogP contribution in [0, 0.1) is 0 Å². The van der Waals surface area contributed by atoms with Crippen molar-refractivity contribution in [1.82, 2.24) is 0 Å². The summed E-state index contributed by atoms with van der Waals surface area (Å²) in [5.41, 5.74) is 4.04. The Kier molecular flexibility index (Phi) is 6.64. The molecular formula is C25H24O3. The summed E-state index contributed by atoms with van der Waals surface area (Å²) in [7, 11) is 0. The highest BCUT2D eigenvalue weighted by Crippen LogP contribution is 2.35. The van der Waals surface area contributed by atoms with Crippen LogP contribution < -0.4 is 4.74 Å². The second-order valence-corrected chi connectivity index (χ2v) is 6.72. The Hall–Kier alpha value is -3.33. The summed E-state index contributed by atoms with van der Waals surface area (Å²) in [6.07, 6.45) is 0.607. The quantitative estimate of drug-likeness (QED) is 0.506. The van der Waals surface area contributed by atoms with E-state index in [0.717, 1.165) is 28.0 Å². The monoisotopic (exact) mass is 372 g/mol. The summed E-state index contributed by atoms with van der Waals surface area (Å²) in [5.74, 6) is -0.0806. The fourth-order valence-electron chi connectivity index (χ4n) is 3.22. The number of carboxylic acid groups (broad SMARTS) is 1. The number of benzene rings is 3. The van der Waals surface area contributed by atoms with E-state index in [1.54, 1.807) is 0 Å². The van der Waals surface area contributed by atoms with Crippen LogP contribution in [0.5, 0.6) is 5.75 Å². The summed E-state index contributed by atoms with van der Waals surface area (Å²) >= 11 is 0. The van der Waals surface area contributed by atoms with Crippen LogP contribution in [-0.4, -0.2) is 11.1 Å². The van der Waals surface area contributed by atoms with Crippen LogP contribution in [0.1, 0.15) is 35.4 Å². The van der Waals surface area contributed by atoms with E-state index in [1.807, 2.05) is 84.9 Å². The highest BCUT2D eigenvalue weighted by Gasteiger charge is 2.18. The van der Waals surface area contributed by atoms with Gasteiger partial charge in [-0.15, -0.1) is 0 Å². The molecule has 0 bridgehead atoms. The van der Waals surface area contributed by atoms with Gasteiger partial charge in [0.25, 0.3) is 0 Å². The lowest BCUT2D eigenvalue weighted by atomic mass is 9.84. The van der Waals surface area contributed by atoms with E-state index in [-0.39, 0.29) is 12.3 Å². The lowest BCUT2D eigenvalue weighted by Crippen LogP contribution is -2.05. The van der Waals surface area contributed by atoms with E-state index in [0.29, 0.717) is 13.0 Å². The second-order valence-electron chi connectivity index (χ2n) is 6.72. The third-order valence-corrected chi connectivity index (χ3v) is 4.72. The van der Waals surface area contributed by atoms with Crippen LogP contribution >= 0.6 is 0 Å². The molecule has 3 heteroatoms. The minimum Gasteiger partial charge on any atom is -0.489 e. The predicted octanol–water partition coefficient (Wildman–Crippen LogP) is 5.93. The summed E-state index contributed by atoms with van der Waals surface area (Å²) < 4.78 is 5.93. The third kappa shape index (κ3) is 5.34. The molecule has 28 heavy (non-hydrogen) atoms. The third-order valence-electron chi connectivity index (χ3n) is 4.72. The molecule has 0 aliphatic rings. The Morgan fingerprint density at radius 2 is 1.61 bits per heavy atom. The van der Waals surface area contributed by atoms with Gasteiger partial charge in [0.2, 0.25) is 0 Å². The number of allylic oxidation sites excluding steroid dienone is 1. The van der Waals surface area contributed by atoms with Gasteiger partial charge in [-0.3, -0.25) is 4.79 Å². The number of carbonyl (C=O) groups is 1. The van der Waals surface area contributed by atoms with Crippen LogP contribution in [0.4, 0.5) is 0 Å². The molecular weight excluding hydrogens is 348 g/mol. The van der Waals surface area contributed by atoms with Crippen LogP contribution in [0.25, 0.3) is 5.57 Å². The minimum atomic E-state index is -0.798. The Morgan fingerprint density at radius 1 is 0.929 bits per heavy atom. The highest BCUT2D eigenvalue weighted by molar-refractivity contribution is 5.72. The molecule has 0 saturated carbocycles. The smallest absolute Gasteiger partial charge is 0.303 e. The van der Waals surface area contributed by atoms with Crippen molar-refractivity contribution in [3.05, 3.63) is 108 Å². The van der Waals surface area contributed by atoms with Crippen molar-refractivity contribution in [3.8, 4) is 5.75 Å². The molecule has 3 nitrogen and oxygen atoms in total. The molecule has 0 amide bonds. The maximum absolute atomic E-state index is 11.1. The first-order valence-corrected chi connectivity index (χ1v) is 9.36. The van der Waals surface area contributed by atoms with Gasteiger partial charge in [0.15, 0.2) is 0 Å². The number of carboxylic acids is 1. The largest absolute Gasteiger partial charge is 0.489 e. The fraction of sp³-hybridized carbons (Fsp3) is 0.160. The van der Waals surface area contributed by atoms with Crippen LogP contribution in [0.3, 0.4) is 0 Å². The zero-order valence-corrected chi connectivity index (χ0v) is 15.8. The molecule has 0 aliphatic heterocycles. The van der Waals surface area contributed by atoms with Gasteiger partial charge in [0.1, 0.15) is 12.4 Å². The SMILES string of the molecule is C=C(c1cccc(OCc2ccccc2)c1)C(CCC(=O)O)c1ccccc1. The summed E-state index contributed by atoms with van der Waals surface area (Å²) in [6, 6.07) is 27.8. The molecule has 3 aromatic rings. The topological polar surface area (TPSA) is 46.5 Å². The van der Waals surface area contributed by atoms with Gasteiger partial charge in [-0.1, -0.05) is 79.4 Å². The zero-order valence-electron chi connectivity index (χ0n) is 15.8. The molecule has 0 spiro atoms. The van der Waals surface area contributed by atoms with Crippen molar-refractivity contribution in [3.63, 3.8) is 0 Å². The summed E-state index contributed by atoms with van der Waals surface area (Å²) in [4.78, 5) is 11.1. The van der Waals surface area contributed by atoms with Gasteiger partial charge >= 0.3 is 5.97 Å². The van der Waals surface area contributed by atoms with Crippen LogP contribution in [0.2, 0.25) is 0 Å². The number of ether oxygens (including phenoxy) is 1. The summed E-state index contributed by atoms with van der Waals surface area (Å²) in [6.45, 7) is 4.79. The van der Waals surface area contributed by atoms with E-state index in [2.05, 4.69) is 6.58 Å². The molecule has 3 rings (SSSR count). The van der Waals surface area contributed by atoms with Crippen molar-refractivity contribution in [2.45, 2.75) is 25.4 Å². The van der Waals surface area contributed by atoms with Crippen LogP contribution in [0.15, 0.2) is 91.5 Å². The standard InChI is InChI=1S/C25H24O3/c1-19(24(15-16-25(26)27)21-11-6-3-7-12-21)22-13-8-14-23(17-22)28-18-20-9-4-2-5-10-20/h2-14,17,24H,1,15-16,18H2,(H,26,27). The Bertz CT molecular complexity index is 917. The van der Waals surface area contributed by atoms with Gasteiger partial charge in [0, 0.05) is 12.3 Å². The van der Waals surface area contributed by atoms with Crippen molar-refractivity contribution >= 4 is 11.5 Å². The first-order valence-electron chi connectivity index (χ1n) is 9.36. The molecule has 0 aromatic heterocycles. The molecule has 0 aliphatic carbocycles. The number of hydrogen-bond acceptors (Lipinski definition) is 2. The maximum atomic E-state index is 11.1. The first-order chi connectivity index (χ1) is 13.6. The average molecular weight is 372 g/mol. The molecule has 0 radical (unpaired) electrons. The summed E-state index contributed by atoms with van der Waals surface area (Å²) in [5, 5.41) is 9.13. The number of hydrogen-bond donors (Lipinski definition) is 1. The lowest BCUT2D eigenvalue weighted by Gasteiger charge is -2.20. The molecule has 3 aromatic carbocycles. The van der Waals surface area contributed by atoms with E-state index in [9.17, 15) is 4.79 Å². The zero-order chi connectivity index (χ0) is 19.8. The van der Waals surface area contributed by atoms with E-state index >= 15 is 0 Å². The Morgan fingerprint density at radius 3 is 2.29 bits per heavy atom. The van der Waals surface area contributed by atoms with Crippen molar-refractivity contribution in [1.29, 1.82) is 0 Å². The number of rotatable bonds is 9. The van der Waals surface area contributed by atoms with Crippen molar-refractivity contribution in [2.24, 2.45) is 0 Å². The molecule has 0 fully saturated rings. The van der Waals surface area contributed by atoms with Crippen LogP contribution in [-0.2, 0) is 11.4 Å². The average Bonchev–Trinajstić information content (AvgIpc) is 2.74. The van der Waals surface area contributed by atoms with Crippen molar-refractivity contribution in [2.75, 3.05) is 0 Å². The fourth-order valence-corrected chi connectivity index (χ4v) is 3.22. The highest BCUT2D eigenvalue weighted by atomic mass is 16.5. The lowest BCUT2D eigenvalue weighted by molar-refractivity contribution is -0.137. The Labute approximate surface area is 165 Å². The van der Waals surface area contributed by atoms with E-state index < -0.39 is 5.97 Å². The molecule has 0 heterocycles. The molecule has 1 atom stereocenters. The van der Waals surface area contributed by atoms with Gasteiger partial charge in [-0.25, -0.2) is 0 Å². The molecule has 0 saturated heterocycles. The minimum absolute atomic E-state index is 0.0540. The molecule has 142 valence electrons. The van der Waals surface area contributed by atoms with Gasteiger partial charge in [-0.05, 0) is 40.8 Å². The van der Waals surface area contributed by atoms with Gasteiger partial charge in [0.05, 0.1) is 0 Å². The Balaban J connectivity index is 1.77. The van der Waals surface area contributed by atoms with E-state index in [4.69, 9.17) is 9.84 Å². The number of aliphatic carboxylic acids is 1. The van der Waals surface area contributed by atoms with Crippen molar-refractivity contribution < 1.29 is 14.6 Å².